The SMILES string of the molecule is COc1ccc(C(=O)N(CCC2CCCCC2)c2ccccc2C)cc1OC. The average molecular weight is 382 g/mol. The molecular weight excluding hydrogens is 350 g/mol. The summed E-state index contributed by atoms with van der Waals surface area (Å²) in [6.45, 7) is 2.80. The number of para-hydroxylation sites is 1. The van der Waals surface area contributed by atoms with Gasteiger partial charge in [-0.25, -0.2) is 0 Å². The fraction of sp³-hybridized carbons (Fsp3) is 0.458. The molecule has 4 nitrogen and oxygen atoms in total. The number of hydrogen-bond donors (Lipinski definition) is 0. The second-order valence-electron chi connectivity index (χ2n) is 7.61. The largest absolute Gasteiger partial charge is 0.493 e. The Morgan fingerprint density at radius 2 is 1.71 bits per heavy atom. The number of anilines is 1. The summed E-state index contributed by atoms with van der Waals surface area (Å²) >= 11 is 0. The predicted molar refractivity (Wildman–Crippen MR) is 114 cm³/mol. The highest BCUT2D eigenvalue weighted by Crippen LogP contribution is 2.31. The lowest BCUT2D eigenvalue weighted by Gasteiger charge is -2.28. The van der Waals surface area contributed by atoms with Crippen LogP contribution in [-0.4, -0.2) is 26.7 Å². The molecule has 0 unspecified atom stereocenters. The Bertz CT molecular complexity index is 796. The zero-order valence-electron chi connectivity index (χ0n) is 17.2. The van der Waals surface area contributed by atoms with Crippen LogP contribution in [-0.2, 0) is 0 Å². The molecule has 0 aromatic heterocycles. The highest BCUT2D eigenvalue weighted by atomic mass is 16.5. The fourth-order valence-electron chi connectivity index (χ4n) is 4.11. The number of aryl methyl sites for hydroxylation is 1. The van der Waals surface area contributed by atoms with E-state index in [1.807, 2.05) is 29.2 Å². The molecule has 0 heterocycles. The van der Waals surface area contributed by atoms with Gasteiger partial charge < -0.3 is 14.4 Å². The van der Waals surface area contributed by atoms with E-state index in [0.29, 0.717) is 17.1 Å². The molecule has 0 atom stereocenters. The molecule has 0 saturated heterocycles. The van der Waals surface area contributed by atoms with Gasteiger partial charge in [0.05, 0.1) is 14.2 Å². The van der Waals surface area contributed by atoms with Crippen LogP contribution in [0.2, 0.25) is 0 Å². The van der Waals surface area contributed by atoms with Gasteiger partial charge in [0.25, 0.3) is 5.91 Å². The van der Waals surface area contributed by atoms with Crippen LogP contribution in [0.1, 0.15) is 54.4 Å². The van der Waals surface area contributed by atoms with Crippen LogP contribution in [0.5, 0.6) is 11.5 Å². The lowest BCUT2D eigenvalue weighted by Crippen LogP contribution is -2.33. The smallest absolute Gasteiger partial charge is 0.258 e. The van der Waals surface area contributed by atoms with E-state index in [0.717, 1.165) is 30.1 Å². The topological polar surface area (TPSA) is 38.8 Å². The van der Waals surface area contributed by atoms with Gasteiger partial charge in [-0.1, -0.05) is 50.3 Å². The van der Waals surface area contributed by atoms with Crippen LogP contribution in [0.4, 0.5) is 5.69 Å². The second kappa shape index (κ2) is 9.63. The number of rotatable bonds is 7. The predicted octanol–water partition coefficient (Wildman–Crippen LogP) is 5.63. The van der Waals surface area contributed by atoms with Crippen molar-refractivity contribution in [2.24, 2.45) is 5.92 Å². The molecule has 2 aromatic carbocycles. The van der Waals surface area contributed by atoms with Crippen molar-refractivity contribution in [1.82, 2.24) is 0 Å². The summed E-state index contributed by atoms with van der Waals surface area (Å²) in [4.78, 5) is 15.4. The Balaban J connectivity index is 1.87. The Hall–Kier alpha value is -2.49. The molecule has 0 spiro atoms. The van der Waals surface area contributed by atoms with Gasteiger partial charge in [-0.2, -0.15) is 0 Å². The first-order valence-corrected chi connectivity index (χ1v) is 10.2. The maximum absolute atomic E-state index is 13.5. The third-order valence-electron chi connectivity index (χ3n) is 5.77. The van der Waals surface area contributed by atoms with Crippen molar-refractivity contribution in [1.29, 1.82) is 0 Å². The molecule has 0 N–H and O–H groups in total. The van der Waals surface area contributed by atoms with Crippen molar-refractivity contribution in [2.45, 2.75) is 45.4 Å². The van der Waals surface area contributed by atoms with E-state index in [-0.39, 0.29) is 5.91 Å². The number of nitrogens with zero attached hydrogens (tertiary/aromatic N) is 1. The summed E-state index contributed by atoms with van der Waals surface area (Å²) in [6, 6.07) is 13.5. The average Bonchev–Trinajstić information content (AvgIpc) is 2.75. The number of methoxy groups -OCH3 is 2. The van der Waals surface area contributed by atoms with E-state index in [2.05, 4.69) is 13.0 Å². The van der Waals surface area contributed by atoms with Crippen LogP contribution in [0, 0.1) is 12.8 Å². The third kappa shape index (κ3) is 4.67. The van der Waals surface area contributed by atoms with Crippen LogP contribution in [0.3, 0.4) is 0 Å². The van der Waals surface area contributed by atoms with Gasteiger partial charge in [-0.3, -0.25) is 4.79 Å². The van der Waals surface area contributed by atoms with Gasteiger partial charge in [-0.15, -0.1) is 0 Å². The Morgan fingerprint density at radius 3 is 2.39 bits per heavy atom. The molecule has 1 saturated carbocycles. The van der Waals surface area contributed by atoms with Gasteiger partial charge in [-0.05, 0) is 49.1 Å². The van der Waals surface area contributed by atoms with E-state index in [1.54, 1.807) is 26.4 Å². The van der Waals surface area contributed by atoms with E-state index in [4.69, 9.17) is 9.47 Å². The summed E-state index contributed by atoms with van der Waals surface area (Å²) < 4.78 is 10.7. The number of carbonyl (C=O) groups excluding carboxylic acids is 1. The lowest BCUT2D eigenvalue weighted by atomic mass is 9.87. The van der Waals surface area contributed by atoms with Crippen molar-refractivity contribution < 1.29 is 14.3 Å². The monoisotopic (exact) mass is 381 g/mol. The standard InChI is InChI=1S/C24H31NO3/c1-18-9-7-8-12-21(18)25(16-15-19-10-5-4-6-11-19)24(26)20-13-14-22(27-2)23(17-20)28-3/h7-9,12-14,17,19H,4-6,10-11,15-16H2,1-3H3. The van der Waals surface area contributed by atoms with Crippen LogP contribution < -0.4 is 14.4 Å². The summed E-state index contributed by atoms with van der Waals surface area (Å²) in [5.74, 6) is 1.93. The normalized spacial score (nSPS) is 14.5. The molecule has 0 aliphatic heterocycles. The van der Waals surface area contributed by atoms with Gasteiger partial charge >= 0.3 is 0 Å². The molecule has 0 bridgehead atoms. The highest BCUT2D eigenvalue weighted by Gasteiger charge is 2.23. The maximum atomic E-state index is 13.5. The minimum atomic E-state index is 0.00561. The summed E-state index contributed by atoms with van der Waals surface area (Å²) in [6.07, 6.45) is 7.60. The lowest BCUT2D eigenvalue weighted by molar-refractivity contribution is 0.0984. The third-order valence-corrected chi connectivity index (χ3v) is 5.77. The van der Waals surface area contributed by atoms with E-state index < -0.39 is 0 Å². The van der Waals surface area contributed by atoms with Crippen LogP contribution in [0.25, 0.3) is 0 Å². The molecule has 1 aliphatic rings. The quantitative estimate of drug-likeness (QED) is 0.624. The molecule has 1 fully saturated rings. The molecule has 28 heavy (non-hydrogen) atoms. The zero-order chi connectivity index (χ0) is 19.9. The summed E-state index contributed by atoms with van der Waals surface area (Å²) in [7, 11) is 3.19. The maximum Gasteiger partial charge on any atom is 0.258 e. The van der Waals surface area contributed by atoms with Crippen LogP contribution in [0.15, 0.2) is 42.5 Å². The van der Waals surface area contributed by atoms with Crippen molar-refractivity contribution in [2.75, 3.05) is 25.7 Å². The number of amides is 1. The van der Waals surface area contributed by atoms with Crippen molar-refractivity contribution in [3.63, 3.8) is 0 Å². The molecule has 4 heteroatoms. The number of hydrogen-bond acceptors (Lipinski definition) is 3. The van der Waals surface area contributed by atoms with E-state index in [9.17, 15) is 4.79 Å². The fourth-order valence-corrected chi connectivity index (χ4v) is 4.11. The van der Waals surface area contributed by atoms with E-state index >= 15 is 0 Å². The first kappa shape index (κ1) is 20.2. The Kier molecular flexibility index (Phi) is 6.96. The van der Waals surface area contributed by atoms with Crippen LogP contribution >= 0.6 is 0 Å². The number of benzene rings is 2. The molecular formula is C24H31NO3. The molecule has 3 rings (SSSR count). The van der Waals surface area contributed by atoms with Crippen molar-refractivity contribution in [3.8, 4) is 11.5 Å². The first-order chi connectivity index (χ1) is 13.6. The zero-order valence-corrected chi connectivity index (χ0v) is 17.2. The van der Waals surface area contributed by atoms with E-state index in [1.165, 1.54) is 32.1 Å². The Morgan fingerprint density at radius 1 is 1.00 bits per heavy atom. The van der Waals surface area contributed by atoms with Gasteiger partial charge in [0.2, 0.25) is 0 Å². The highest BCUT2D eigenvalue weighted by molar-refractivity contribution is 6.06. The first-order valence-electron chi connectivity index (χ1n) is 10.2. The Labute approximate surface area is 168 Å². The molecule has 2 aromatic rings. The molecule has 150 valence electrons. The molecule has 1 amide bonds. The van der Waals surface area contributed by atoms with Crippen molar-refractivity contribution >= 4 is 11.6 Å². The van der Waals surface area contributed by atoms with Gasteiger partial charge in [0.15, 0.2) is 11.5 Å². The van der Waals surface area contributed by atoms with Gasteiger partial charge in [0.1, 0.15) is 0 Å². The summed E-state index contributed by atoms with van der Waals surface area (Å²) in [5.41, 5.74) is 2.71. The molecule has 0 radical (unpaired) electrons. The summed E-state index contributed by atoms with van der Waals surface area (Å²) in [5, 5.41) is 0. The minimum Gasteiger partial charge on any atom is -0.493 e. The number of carbonyl (C=O) groups is 1. The van der Waals surface area contributed by atoms with Gasteiger partial charge in [0, 0.05) is 17.8 Å². The number of ether oxygens (including phenoxy) is 2. The van der Waals surface area contributed by atoms with Crippen molar-refractivity contribution in [3.05, 3.63) is 53.6 Å². The minimum absolute atomic E-state index is 0.00561. The molecule has 1 aliphatic carbocycles. The second-order valence-corrected chi connectivity index (χ2v) is 7.61.